The van der Waals surface area contributed by atoms with E-state index < -0.39 is 10.0 Å². The third-order valence-electron chi connectivity index (χ3n) is 7.01. The summed E-state index contributed by atoms with van der Waals surface area (Å²) in [6.45, 7) is 7.06. The number of benzene rings is 2. The number of amides is 1. The van der Waals surface area contributed by atoms with Crippen LogP contribution in [0, 0.1) is 6.92 Å². The summed E-state index contributed by atoms with van der Waals surface area (Å²) in [4.78, 5) is 20.2. The van der Waals surface area contributed by atoms with Gasteiger partial charge >= 0.3 is 0 Å². The molecule has 186 valence electrons. The minimum atomic E-state index is -3.59. The number of anilines is 1. The van der Waals surface area contributed by atoms with Crippen molar-refractivity contribution < 1.29 is 17.9 Å². The standard InChI is InChI=1S/C26H32N4O4S/c1-3-29-23-10-9-21(35(32,33)28-14-16-34-17-15-28)18-22(23)27-24(29)11-12-25(31)30-13-5-8-20-7-4-6-19(2)26(20)30/h4,6-7,9-10,18H,3,5,8,11-17H2,1-2H3. The number of rotatable bonds is 6. The molecule has 1 fully saturated rings. The van der Waals surface area contributed by atoms with Gasteiger partial charge in [0.15, 0.2) is 0 Å². The lowest BCUT2D eigenvalue weighted by Gasteiger charge is -2.31. The van der Waals surface area contributed by atoms with Crippen molar-refractivity contribution in [1.82, 2.24) is 13.9 Å². The van der Waals surface area contributed by atoms with E-state index in [1.54, 1.807) is 12.1 Å². The zero-order chi connectivity index (χ0) is 24.6. The molecular weight excluding hydrogens is 464 g/mol. The number of aryl methyl sites for hydroxylation is 4. The number of hydrogen-bond acceptors (Lipinski definition) is 5. The van der Waals surface area contributed by atoms with Crippen molar-refractivity contribution in [2.75, 3.05) is 37.7 Å². The van der Waals surface area contributed by atoms with Gasteiger partial charge in [0.05, 0.1) is 29.1 Å². The number of aromatic nitrogens is 2. The van der Waals surface area contributed by atoms with Crippen molar-refractivity contribution in [1.29, 1.82) is 0 Å². The Hall–Kier alpha value is -2.75. The number of sulfonamides is 1. The van der Waals surface area contributed by atoms with Crippen molar-refractivity contribution in [3.8, 4) is 0 Å². The molecule has 0 saturated carbocycles. The number of para-hydroxylation sites is 1. The molecule has 1 aromatic heterocycles. The molecule has 9 heteroatoms. The van der Waals surface area contributed by atoms with E-state index >= 15 is 0 Å². The number of carbonyl (C=O) groups excluding carboxylic acids is 1. The number of fused-ring (bicyclic) bond motifs is 2. The highest BCUT2D eigenvalue weighted by Crippen LogP contribution is 2.31. The lowest BCUT2D eigenvalue weighted by atomic mass is 9.98. The van der Waals surface area contributed by atoms with Gasteiger partial charge in [0.2, 0.25) is 15.9 Å². The number of imidazole rings is 1. The third-order valence-corrected chi connectivity index (χ3v) is 8.90. The molecule has 35 heavy (non-hydrogen) atoms. The lowest BCUT2D eigenvalue weighted by molar-refractivity contribution is -0.118. The molecule has 2 aromatic carbocycles. The summed E-state index contributed by atoms with van der Waals surface area (Å²) >= 11 is 0. The van der Waals surface area contributed by atoms with Crippen molar-refractivity contribution in [3.05, 3.63) is 53.3 Å². The van der Waals surface area contributed by atoms with E-state index in [2.05, 4.69) is 29.7 Å². The summed E-state index contributed by atoms with van der Waals surface area (Å²) in [5, 5.41) is 0. The SMILES string of the molecule is CCn1c(CCC(=O)N2CCCc3cccc(C)c32)nc2cc(S(=O)(=O)N3CCOCC3)ccc21. The van der Waals surface area contributed by atoms with Gasteiger partial charge in [0, 0.05) is 44.7 Å². The second-order valence-electron chi connectivity index (χ2n) is 9.17. The van der Waals surface area contributed by atoms with E-state index in [4.69, 9.17) is 9.72 Å². The van der Waals surface area contributed by atoms with E-state index in [-0.39, 0.29) is 10.8 Å². The molecule has 2 aliphatic rings. The molecular formula is C26H32N4O4S. The molecule has 0 spiro atoms. The monoisotopic (exact) mass is 496 g/mol. The largest absolute Gasteiger partial charge is 0.379 e. The zero-order valence-electron chi connectivity index (χ0n) is 20.4. The molecule has 1 amide bonds. The predicted molar refractivity (Wildman–Crippen MR) is 135 cm³/mol. The second kappa shape index (κ2) is 9.72. The highest BCUT2D eigenvalue weighted by molar-refractivity contribution is 7.89. The van der Waals surface area contributed by atoms with Gasteiger partial charge in [0.25, 0.3) is 0 Å². The van der Waals surface area contributed by atoms with Gasteiger partial charge in [-0.25, -0.2) is 13.4 Å². The molecule has 0 unspecified atom stereocenters. The summed E-state index contributed by atoms with van der Waals surface area (Å²) < 4.78 is 35.0. The summed E-state index contributed by atoms with van der Waals surface area (Å²) in [6, 6.07) is 11.4. The molecule has 0 N–H and O–H groups in total. The van der Waals surface area contributed by atoms with Crippen LogP contribution in [0.3, 0.4) is 0 Å². The molecule has 2 aliphatic heterocycles. The maximum atomic E-state index is 13.3. The number of carbonyl (C=O) groups is 1. The Balaban J connectivity index is 1.38. The van der Waals surface area contributed by atoms with E-state index in [0.717, 1.165) is 42.0 Å². The zero-order valence-corrected chi connectivity index (χ0v) is 21.2. The molecule has 8 nitrogen and oxygen atoms in total. The quantitative estimate of drug-likeness (QED) is 0.523. The topological polar surface area (TPSA) is 84.7 Å². The fraction of sp³-hybridized carbons (Fsp3) is 0.462. The minimum Gasteiger partial charge on any atom is -0.379 e. The van der Waals surface area contributed by atoms with Crippen LogP contribution in [0.5, 0.6) is 0 Å². The van der Waals surface area contributed by atoms with Crippen LogP contribution in [-0.4, -0.2) is 61.0 Å². The summed E-state index contributed by atoms with van der Waals surface area (Å²) in [5.74, 6) is 0.907. The molecule has 1 saturated heterocycles. The third kappa shape index (κ3) is 4.48. The van der Waals surface area contributed by atoms with Crippen molar-refractivity contribution in [2.24, 2.45) is 0 Å². The van der Waals surface area contributed by atoms with Gasteiger partial charge in [-0.3, -0.25) is 4.79 Å². The Morgan fingerprint density at radius 3 is 2.69 bits per heavy atom. The van der Waals surface area contributed by atoms with Crippen LogP contribution in [0.25, 0.3) is 11.0 Å². The Morgan fingerprint density at radius 2 is 1.91 bits per heavy atom. The van der Waals surface area contributed by atoms with Gasteiger partial charge in [-0.1, -0.05) is 18.2 Å². The maximum Gasteiger partial charge on any atom is 0.243 e. The predicted octanol–water partition coefficient (Wildman–Crippen LogP) is 3.30. The van der Waals surface area contributed by atoms with Crippen molar-refractivity contribution in [2.45, 2.75) is 51.0 Å². The van der Waals surface area contributed by atoms with Crippen molar-refractivity contribution >= 4 is 32.7 Å². The normalized spacial score (nSPS) is 17.0. The maximum absolute atomic E-state index is 13.3. The first kappa shape index (κ1) is 24.0. The van der Waals surface area contributed by atoms with Crippen LogP contribution in [0.2, 0.25) is 0 Å². The smallest absolute Gasteiger partial charge is 0.243 e. The number of hydrogen-bond donors (Lipinski definition) is 0. The molecule has 3 aromatic rings. The van der Waals surface area contributed by atoms with Crippen LogP contribution in [0.4, 0.5) is 5.69 Å². The second-order valence-corrected chi connectivity index (χ2v) is 11.1. The van der Waals surface area contributed by atoms with Crippen LogP contribution < -0.4 is 4.90 Å². The van der Waals surface area contributed by atoms with Gasteiger partial charge in [-0.15, -0.1) is 0 Å². The Kier molecular flexibility index (Phi) is 6.65. The fourth-order valence-electron chi connectivity index (χ4n) is 5.25. The van der Waals surface area contributed by atoms with Crippen LogP contribution >= 0.6 is 0 Å². The molecule has 0 bridgehead atoms. The Labute approximate surface area is 206 Å². The van der Waals surface area contributed by atoms with E-state index in [0.29, 0.717) is 51.2 Å². The van der Waals surface area contributed by atoms with E-state index in [1.807, 2.05) is 17.9 Å². The van der Waals surface area contributed by atoms with Crippen LogP contribution in [0.1, 0.15) is 36.7 Å². The fourth-order valence-corrected chi connectivity index (χ4v) is 6.68. The van der Waals surface area contributed by atoms with Gasteiger partial charge in [-0.2, -0.15) is 4.31 Å². The van der Waals surface area contributed by atoms with Crippen molar-refractivity contribution in [3.63, 3.8) is 0 Å². The summed E-state index contributed by atoms with van der Waals surface area (Å²) in [6.07, 6.45) is 2.83. The Morgan fingerprint density at radius 1 is 1.11 bits per heavy atom. The number of nitrogens with zero attached hydrogens (tertiary/aromatic N) is 4. The molecule has 5 rings (SSSR count). The Bertz CT molecular complexity index is 1360. The summed E-state index contributed by atoms with van der Waals surface area (Å²) in [7, 11) is -3.59. The van der Waals surface area contributed by atoms with E-state index in [1.165, 1.54) is 9.87 Å². The average Bonchev–Trinajstić information content (AvgIpc) is 3.24. The number of morpholine rings is 1. The van der Waals surface area contributed by atoms with Crippen LogP contribution in [-0.2, 0) is 38.9 Å². The first-order valence-electron chi connectivity index (χ1n) is 12.4. The molecule has 3 heterocycles. The average molecular weight is 497 g/mol. The molecule has 0 atom stereocenters. The molecule has 0 radical (unpaired) electrons. The first-order chi connectivity index (χ1) is 16.9. The summed E-state index contributed by atoms with van der Waals surface area (Å²) in [5.41, 5.74) is 4.95. The van der Waals surface area contributed by atoms with Crippen LogP contribution in [0.15, 0.2) is 41.3 Å². The van der Waals surface area contributed by atoms with Gasteiger partial charge in [0.1, 0.15) is 5.82 Å². The van der Waals surface area contributed by atoms with E-state index in [9.17, 15) is 13.2 Å². The highest BCUT2D eigenvalue weighted by Gasteiger charge is 2.28. The number of ether oxygens (including phenoxy) is 1. The lowest BCUT2D eigenvalue weighted by Crippen LogP contribution is -2.40. The highest BCUT2D eigenvalue weighted by atomic mass is 32.2. The first-order valence-corrected chi connectivity index (χ1v) is 13.8. The van der Waals surface area contributed by atoms with Gasteiger partial charge in [-0.05, 0) is 56.0 Å². The van der Waals surface area contributed by atoms with Gasteiger partial charge < -0.3 is 14.2 Å². The molecule has 0 aliphatic carbocycles. The minimum absolute atomic E-state index is 0.102.